The summed E-state index contributed by atoms with van der Waals surface area (Å²) in [7, 11) is 0. The number of ketones is 1. The van der Waals surface area contributed by atoms with Gasteiger partial charge in [0.05, 0.1) is 5.75 Å². The van der Waals surface area contributed by atoms with Gasteiger partial charge in [-0.2, -0.15) is 0 Å². The number of carbonyl (C=O) groups is 1. The van der Waals surface area contributed by atoms with Crippen molar-refractivity contribution in [2.75, 3.05) is 5.75 Å². The molecule has 0 spiro atoms. The largest absolute Gasteiger partial charge is 0.483 e. The fraction of sp³-hybridized carbons (Fsp3) is 0.292. The summed E-state index contributed by atoms with van der Waals surface area (Å²) in [6, 6.07) is 17.7. The maximum Gasteiger partial charge on any atom is 0.191 e. The molecule has 0 fully saturated rings. The zero-order chi connectivity index (χ0) is 21.8. The minimum absolute atomic E-state index is 0.0918. The van der Waals surface area contributed by atoms with E-state index in [1.165, 1.54) is 11.8 Å². The second kappa shape index (κ2) is 9.39. The number of fused-ring (bicyclic) bond motifs is 1. The van der Waals surface area contributed by atoms with Crippen molar-refractivity contribution in [2.45, 2.75) is 45.1 Å². The molecule has 160 valence electrons. The summed E-state index contributed by atoms with van der Waals surface area (Å²) in [5, 5.41) is 10.4. The molecule has 7 heteroatoms. The highest BCUT2D eigenvalue weighted by Crippen LogP contribution is 2.27. The highest BCUT2D eigenvalue weighted by molar-refractivity contribution is 7.99. The topological polar surface area (TPSA) is 61.9 Å². The van der Waals surface area contributed by atoms with Crippen LogP contribution < -0.4 is 4.74 Å². The van der Waals surface area contributed by atoms with Gasteiger partial charge >= 0.3 is 0 Å². The van der Waals surface area contributed by atoms with E-state index in [1.807, 2.05) is 73.1 Å². The van der Waals surface area contributed by atoms with Crippen molar-refractivity contribution in [3.63, 3.8) is 0 Å². The maximum atomic E-state index is 13.0. The predicted octanol–water partition coefficient (Wildman–Crippen LogP) is 5.39. The lowest BCUT2D eigenvalue weighted by atomic mass is 10.1. The number of aryl methyl sites for hydroxylation is 1. The number of aromatic nitrogens is 4. The lowest BCUT2D eigenvalue weighted by Gasteiger charge is -2.15. The summed E-state index contributed by atoms with van der Waals surface area (Å²) in [5.41, 5.74) is 1.85. The van der Waals surface area contributed by atoms with E-state index in [-0.39, 0.29) is 11.9 Å². The fourth-order valence-corrected chi connectivity index (χ4v) is 4.59. The molecular formula is C24H26N4O2S. The molecule has 4 aromatic rings. The minimum atomic E-state index is -0.248. The molecule has 31 heavy (non-hydrogen) atoms. The molecule has 2 aromatic carbocycles. The van der Waals surface area contributed by atoms with Gasteiger partial charge in [0.15, 0.2) is 22.9 Å². The zero-order valence-electron chi connectivity index (χ0n) is 18.0. The highest BCUT2D eigenvalue weighted by atomic mass is 32.2. The molecule has 0 saturated carbocycles. The summed E-state index contributed by atoms with van der Waals surface area (Å²) < 4.78 is 10.1. The van der Waals surface area contributed by atoms with Gasteiger partial charge in [-0.1, -0.05) is 48.2 Å². The van der Waals surface area contributed by atoms with E-state index in [4.69, 9.17) is 4.74 Å². The van der Waals surface area contributed by atoms with Crippen molar-refractivity contribution in [3.8, 4) is 5.75 Å². The third-order valence-electron chi connectivity index (χ3n) is 5.24. The quantitative estimate of drug-likeness (QED) is 0.261. The third-order valence-corrected chi connectivity index (χ3v) is 6.21. The number of Topliss-reactive ketones (excluding diaryl/α,β-unsaturated/α-hetero) is 1. The van der Waals surface area contributed by atoms with Crippen molar-refractivity contribution in [2.24, 2.45) is 0 Å². The number of carbonyl (C=O) groups excluding carboxylic acids is 1. The molecule has 6 nitrogen and oxygen atoms in total. The Morgan fingerprint density at radius 2 is 1.77 bits per heavy atom. The number of rotatable bonds is 9. The van der Waals surface area contributed by atoms with Gasteiger partial charge < -0.3 is 13.9 Å². The molecule has 0 aliphatic rings. The van der Waals surface area contributed by atoms with E-state index in [9.17, 15) is 4.79 Å². The Balaban J connectivity index is 1.50. The van der Waals surface area contributed by atoms with Crippen molar-refractivity contribution >= 4 is 28.4 Å². The van der Waals surface area contributed by atoms with E-state index in [2.05, 4.69) is 27.8 Å². The number of ether oxygens (including phenoxy) is 1. The first-order valence-corrected chi connectivity index (χ1v) is 11.5. The van der Waals surface area contributed by atoms with E-state index in [0.717, 1.165) is 39.7 Å². The number of benzene rings is 2. The zero-order valence-corrected chi connectivity index (χ0v) is 18.8. The molecule has 0 bridgehead atoms. The van der Waals surface area contributed by atoms with Crippen LogP contribution in [-0.4, -0.2) is 30.9 Å². The number of para-hydroxylation sites is 2. The van der Waals surface area contributed by atoms with Gasteiger partial charge in [0.25, 0.3) is 0 Å². The summed E-state index contributed by atoms with van der Waals surface area (Å²) in [5.74, 6) is 1.94. The maximum absolute atomic E-state index is 13.0. The Kier molecular flexibility index (Phi) is 6.42. The van der Waals surface area contributed by atoms with Crippen molar-refractivity contribution < 1.29 is 9.53 Å². The van der Waals surface area contributed by atoms with Crippen molar-refractivity contribution in [1.82, 2.24) is 19.3 Å². The number of nitrogens with zero attached hydrogens (tertiary/aromatic N) is 4. The number of hydrogen-bond acceptors (Lipinski definition) is 5. The first-order chi connectivity index (χ1) is 15.1. The van der Waals surface area contributed by atoms with Crippen LogP contribution in [0.4, 0.5) is 0 Å². The molecule has 0 aliphatic heterocycles. The first kappa shape index (κ1) is 21.2. The lowest BCUT2D eigenvalue weighted by molar-refractivity contribution is 0.102. The lowest BCUT2D eigenvalue weighted by Crippen LogP contribution is -2.12. The molecule has 0 unspecified atom stereocenters. The average molecular weight is 435 g/mol. The van der Waals surface area contributed by atoms with Crippen LogP contribution in [0.5, 0.6) is 5.75 Å². The highest BCUT2D eigenvalue weighted by Gasteiger charge is 2.21. The smallest absolute Gasteiger partial charge is 0.191 e. The number of thioether (sulfide) groups is 1. The van der Waals surface area contributed by atoms with Crippen LogP contribution in [0.25, 0.3) is 10.9 Å². The molecule has 0 N–H and O–H groups in total. The molecule has 0 aliphatic carbocycles. The Morgan fingerprint density at radius 1 is 1.03 bits per heavy atom. The summed E-state index contributed by atoms with van der Waals surface area (Å²) in [6.45, 7) is 7.62. The third kappa shape index (κ3) is 4.37. The van der Waals surface area contributed by atoms with Crippen LogP contribution in [0.15, 0.2) is 66.0 Å². The Labute approximate surface area is 186 Å². The van der Waals surface area contributed by atoms with Crippen molar-refractivity contribution in [1.29, 1.82) is 0 Å². The fourth-order valence-electron chi connectivity index (χ4n) is 3.70. The molecule has 0 amide bonds. The van der Waals surface area contributed by atoms with E-state index in [1.54, 1.807) is 0 Å². The normalized spacial score (nSPS) is 12.2. The molecule has 2 heterocycles. The average Bonchev–Trinajstić information content (AvgIpc) is 3.39. The van der Waals surface area contributed by atoms with Crippen LogP contribution in [0, 0.1) is 0 Å². The molecule has 2 aromatic heterocycles. The van der Waals surface area contributed by atoms with Gasteiger partial charge in [0.1, 0.15) is 5.75 Å². The van der Waals surface area contributed by atoms with E-state index in [0.29, 0.717) is 12.3 Å². The van der Waals surface area contributed by atoms with Gasteiger partial charge in [-0.05, 0) is 39.0 Å². The molecular weight excluding hydrogens is 408 g/mol. The van der Waals surface area contributed by atoms with Crippen LogP contribution >= 0.6 is 11.8 Å². The second-order valence-electron chi connectivity index (χ2n) is 7.22. The van der Waals surface area contributed by atoms with Gasteiger partial charge in [0, 0.05) is 35.8 Å². The monoisotopic (exact) mass is 434 g/mol. The van der Waals surface area contributed by atoms with Crippen LogP contribution in [-0.2, 0) is 13.1 Å². The van der Waals surface area contributed by atoms with E-state index < -0.39 is 0 Å². The van der Waals surface area contributed by atoms with Crippen LogP contribution in [0.2, 0.25) is 0 Å². The minimum Gasteiger partial charge on any atom is -0.483 e. The van der Waals surface area contributed by atoms with Gasteiger partial charge in [-0.3, -0.25) is 4.79 Å². The van der Waals surface area contributed by atoms with Crippen molar-refractivity contribution in [3.05, 3.63) is 72.2 Å². The summed E-state index contributed by atoms with van der Waals surface area (Å²) in [4.78, 5) is 13.0. The number of hydrogen-bond donors (Lipinski definition) is 0. The van der Waals surface area contributed by atoms with Gasteiger partial charge in [-0.15, -0.1) is 10.2 Å². The summed E-state index contributed by atoms with van der Waals surface area (Å²) in [6.07, 6.45) is 1.71. The van der Waals surface area contributed by atoms with Gasteiger partial charge in [0.2, 0.25) is 0 Å². The van der Waals surface area contributed by atoms with Crippen LogP contribution in [0.3, 0.4) is 0 Å². The molecule has 1 atom stereocenters. The SMILES string of the molecule is CCn1c(SCC(=O)c2cn(CC)c3ccccc23)nnc1[C@@H](C)Oc1ccccc1. The first-order valence-electron chi connectivity index (χ1n) is 10.5. The second-order valence-corrected chi connectivity index (χ2v) is 8.16. The molecule has 0 saturated heterocycles. The Morgan fingerprint density at radius 3 is 2.52 bits per heavy atom. The van der Waals surface area contributed by atoms with E-state index >= 15 is 0 Å². The molecule has 0 radical (unpaired) electrons. The van der Waals surface area contributed by atoms with Crippen LogP contribution in [0.1, 0.15) is 43.1 Å². The standard InChI is InChI=1S/C24H26N4O2S/c1-4-27-15-20(19-13-9-10-14-21(19)27)22(29)16-31-24-26-25-23(28(24)5-2)17(3)30-18-11-7-6-8-12-18/h6-15,17H,4-5,16H2,1-3H3/t17-/m1/s1. The Bertz CT molecular complexity index is 1180. The molecule has 4 rings (SSSR count). The van der Waals surface area contributed by atoms with Gasteiger partial charge in [-0.25, -0.2) is 0 Å². The Hall–Kier alpha value is -3.06. The predicted molar refractivity (Wildman–Crippen MR) is 124 cm³/mol. The summed E-state index contributed by atoms with van der Waals surface area (Å²) >= 11 is 1.42.